The van der Waals surface area contributed by atoms with Crippen molar-refractivity contribution in [1.29, 1.82) is 0 Å². The fourth-order valence-corrected chi connectivity index (χ4v) is 5.29. The zero-order valence-electron chi connectivity index (χ0n) is 20.2. The number of hydrogen-bond acceptors (Lipinski definition) is 2. The molecule has 0 aliphatic carbocycles. The van der Waals surface area contributed by atoms with Gasteiger partial charge in [-0.1, -0.05) is 108 Å². The summed E-state index contributed by atoms with van der Waals surface area (Å²) < 4.78 is 18.8. The van der Waals surface area contributed by atoms with E-state index in [9.17, 15) is 9.46 Å². The van der Waals surface area contributed by atoms with Gasteiger partial charge in [0.15, 0.2) is 0 Å². The lowest BCUT2D eigenvalue weighted by atomic mass is 9.95. The van der Waals surface area contributed by atoms with E-state index < -0.39 is 7.60 Å². The summed E-state index contributed by atoms with van der Waals surface area (Å²) in [6.45, 7) is 4.48. The van der Waals surface area contributed by atoms with E-state index in [0.29, 0.717) is 11.1 Å². The summed E-state index contributed by atoms with van der Waals surface area (Å²) in [4.78, 5) is 10.7. The van der Waals surface area contributed by atoms with Crippen LogP contribution >= 0.6 is 7.60 Å². The Bertz CT molecular complexity index is 804. The summed E-state index contributed by atoms with van der Waals surface area (Å²) in [7, 11) is -3.91. The third-order valence-electron chi connectivity index (χ3n) is 6.11. The molecule has 0 fully saturated rings. The van der Waals surface area contributed by atoms with Crippen LogP contribution in [0.4, 0.5) is 0 Å². The highest BCUT2D eigenvalue weighted by atomic mass is 31.2. The quantitative estimate of drug-likeness (QED) is 0.191. The molecule has 0 saturated carbocycles. The van der Waals surface area contributed by atoms with Crippen molar-refractivity contribution in [3.05, 3.63) is 59.7 Å². The van der Waals surface area contributed by atoms with Crippen LogP contribution in [0.15, 0.2) is 48.5 Å². The number of hydrogen-bond donors (Lipinski definition) is 1. The number of benzene rings is 2. The van der Waals surface area contributed by atoms with Crippen LogP contribution in [0.25, 0.3) is 0 Å². The van der Waals surface area contributed by atoms with Gasteiger partial charge in [0.05, 0.1) is 5.30 Å². The molecule has 2 rings (SSSR count). The molecule has 32 heavy (non-hydrogen) atoms. The van der Waals surface area contributed by atoms with Gasteiger partial charge in [0, 0.05) is 0 Å². The molecule has 3 nitrogen and oxygen atoms in total. The molecule has 1 atom stereocenters. The van der Waals surface area contributed by atoms with Gasteiger partial charge in [0.1, 0.15) is 5.75 Å². The summed E-state index contributed by atoms with van der Waals surface area (Å²) in [5.74, 6) is 0.580. The van der Waals surface area contributed by atoms with Gasteiger partial charge in [-0.25, -0.2) is 4.57 Å². The maximum absolute atomic E-state index is 13.0. The Morgan fingerprint density at radius 1 is 0.688 bits per heavy atom. The van der Waals surface area contributed by atoms with Crippen molar-refractivity contribution in [3.63, 3.8) is 0 Å². The average molecular weight is 459 g/mol. The van der Waals surface area contributed by atoms with Crippen molar-refractivity contribution in [3.8, 4) is 5.75 Å². The van der Waals surface area contributed by atoms with Gasteiger partial charge in [-0.2, -0.15) is 0 Å². The SMILES string of the molecule is CCCCCCCCc1cccc(OP(=O)(O)c2ccccc2)c1CCCCCCCC. The van der Waals surface area contributed by atoms with Crippen LogP contribution in [0.2, 0.25) is 0 Å². The summed E-state index contributed by atoms with van der Waals surface area (Å²) in [6.07, 6.45) is 16.9. The van der Waals surface area contributed by atoms with E-state index in [0.717, 1.165) is 31.2 Å². The Morgan fingerprint density at radius 3 is 1.88 bits per heavy atom. The first-order valence-electron chi connectivity index (χ1n) is 12.8. The second kappa shape index (κ2) is 15.3. The Kier molecular flexibility index (Phi) is 12.8. The Hall–Kier alpha value is -1.57. The molecule has 0 bridgehead atoms. The molecule has 0 spiro atoms. The highest BCUT2D eigenvalue weighted by molar-refractivity contribution is 7.61. The lowest BCUT2D eigenvalue weighted by Gasteiger charge is -2.19. The second-order valence-electron chi connectivity index (χ2n) is 8.88. The zero-order valence-corrected chi connectivity index (χ0v) is 21.1. The van der Waals surface area contributed by atoms with Crippen LogP contribution in [0, 0.1) is 0 Å². The molecule has 0 saturated heterocycles. The van der Waals surface area contributed by atoms with Crippen LogP contribution in [0.3, 0.4) is 0 Å². The summed E-state index contributed by atoms with van der Waals surface area (Å²) >= 11 is 0. The lowest BCUT2D eigenvalue weighted by molar-refractivity contribution is 0.391. The summed E-state index contributed by atoms with van der Waals surface area (Å²) in [5.41, 5.74) is 2.40. The Balaban J connectivity index is 2.09. The number of unbranched alkanes of at least 4 members (excludes halogenated alkanes) is 10. The van der Waals surface area contributed by atoms with Crippen molar-refractivity contribution < 1.29 is 14.0 Å². The molecule has 0 aliphatic rings. The van der Waals surface area contributed by atoms with Gasteiger partial charge in [-0.15, -0.1) is 0 Å². The topological polar surface area (TPSA) is 46.5 Å². The van der Waals surface area contributed by atoms with E-state index in [1.54, 1.807) is 24.3 Å². The van der Waals surface area contributed by atoms with E-state index in [4.69, 9.17) is 4.52 Å². The molecule has 2 aromatic rings. The van der Waals surface area contributed by atoms with Crippen molar-refractivity contribution >= 4 is 12.9 Å². The third kappa shape index (κ3) is 9.51. The third-order valence-corrected chi connectivity index (χ3v) is 7.51. The molecule has 0 aliphatic heterocycles. The number of rotatable bonds is 17. The predicted molar refractivity (Wildman–Crippen MR) is 137 cm³/mol. The van der Waals surface area contributed by atoms with Crippen LogP contribution in [-0.2, 0) is 17.4 Å². The minimum Gasteiger partial charge on any atom is -0.421 e. The zero-order chi connectivity index (χ0) is 23.1. The van der Waals surface area contributed by atoms with E-state index in [1.807, 2.05) is 18.2 Å². The van der Waals surface area contributed by atoms with Gasteiger partial charge in [0.25, 0.3) is 0 Å². The highest BCUT2D eigenvalue weighted by Crippen LogP contribution is 2.43. The monoisotopic (exact) mass is 458 g/mol. The molecule has 2 aromatic carbocycles. The molecule has 1 N–H and O–H groups in total. The largest absolute Gasteiger partial charge is 0.421 e. The average Bonchev–Trinajstić information content (AvgIpc) is 2.80. The Morgan fingerprint density at radius 2 is 1.25 bits per heavy atom. The van der Waals surface area contributed by atoms with Gasteiger partial charge < -0.3 is 9.42 Å². The van der Waals surface area contributed by atoms with E-state index >= 15 is 0 Å². The second-order valence-corrected chi connectivity index (χ2v) is 10.6. The molecule has 0 radical (unpaired) electrons. The summed E-state index contributed by atoms with van der Waals surface area (Å²) in [5, 5.41) is 0.340. The Labute approximate surface area is 196 Å². The van der Waals surface area contributed by atoms with E-state index in [-0.39, 0.29) is 0 Å². The molecular formula is C28H43O3P. The molecule has 0 aromatic heterocycles. The first-order valence-corrected chi connectivity index (χ1v) is 14.3. The number of aryl methyl sites for hydroxylation is 1. The van der Waals surface area contributed by atoms with Gasteiger partial charge in [0.2, 0.25) is 0 Å². The smallest absolute Gasteiger partial charge is 0.408 e. The van der Waals surface area contributed by atoms with Crippen LogP contribution in [0.5, 0.6) is 5.75 Å². The van der Waals surface area contributed by atoms with Crippen LogP contribution in [-0.4, -0.2) is 4.89 Å². The summed E-state index contributed by atoms with van der Waals surface area (Å²) in [6, 6.07) is 14.7. The normalized spacial score (nSPS) is 13.1. The molecule has 0 heterocycles. The fourth-order valence-electron chi connectivity index (χ4n) is 4.19. The van der Waals surface area contributed by atoms with E-state index in [2.05, 4.69) is 19.9 Å². The molecule has 1 unspecified atom stereocenters. The standard InChI is InChI=1S/C28H43O3P/c1-3-5-7-9-11-14-19-25-20-18-24-28(27(25)23-17-12-10-8-6-4-2)31-32(29,30)26-21-15-13-16-22-26/h13,15-16,18,20-22,24H,3-12,14,17,19,23H2,1-2H3,(H,29,30). The maximum Gasteiger partial charge on any atom is 0.408 e. The van der Waals surface area contributed by atoms with E-state index in [1.165, 1.54) is 69.8 Å². The molecule has 0 amide bonds. The molecule has 178 valence electrons. The fraction of sp³-hybridized carbons (Fsp3) is 0.571. The lowest BCUT2D eigenvalue weighted by Crippen LogP contribution is -2.10. The minimum atomic E-state index is -3.91. The first kappa shape index (κ1) is 26.7. The minimum absolute atomic E-state index is 0.340. The van der Waals surface area contributed by atoms with Gasteiger partial charge in [-0.3, -0.25) is 0 Å². The maximum atomic E-state index is 13.0. The van der Waals surface area contributed by atoms with Gasteiger partial charge >= 0.3 is 7.60 Å². The molecule has 4 heteroatoms. The van der Waals surface area contributed by atoms with Crippen molar-refractivity contribution in [2.45, 2.75) is 104 Å². The predicted octanol–water partition coefficient (Wildman–Crippen LogP) is 8.38. The van der Waals surface area contributed by atoms with Crippen molar-refractivity contribution in [1.82, 2.24) is 0 Å². The van der Waals surface area contributed by atoms with Crippen molar-refractivity contribution in [2.24, 2.45) is 0 Å². The highest BCUT2D eigenvalue weighted by Gasteiger charge is 2.25. The van der Waals surface area contributed by atoms with Crippen LogP contribution < -0.4 is 9.83 Å². The van der Waals surface area contributed by atoms with Crippen molar-refractivity contribution in [2.75, 3.05) is 0 Å². The first-order chi connectivity index (χ1) is 15.6. The molecular weight excluding hydrogens is 415 g/mol. The van der Waals surface area contributed by atoms with Gasteiger partial charge in [-0.05, 0) is 55.0 Å². The van der Waals surface area contributed by atoms with Crippen LogP contribution in [0.1, 0.15) is 102 Å².